The van der Waals surface area contributed by atoms with E-state index in [9.17, 15) is 5.11 Å². The van der Waals surface area contributed by atoms with E-state index in [2.05, 4.69) is 45.9 Å². The summed E-state index contributed by atoms with van der Waals surface area (Å²) in [5.41, 5.74) is 2.97. The zero-order chi connectivity index (χ0) is 14.1. The van der Waals surface area contributed by atoms with Crippen LogP contribution in [-0.2, 0) is 11.2 Å². The summed E-state index contributed by atoms with van der Waals surface area (Å²) in [5.74, 6) is 0. The lowest BCUT2D eigenvalue weighted by atomic mass is 9.78. The van der Waals surface area contributed by atoms with Gasteiger partial charge in [-0.15, -0.1) is 0 Å². The van der Waals surface area contributed by atoms with Crippen molar-refractivity contribution < 1.29 is 9.84 Å². The second kappa shape index (κ2) is 5.26. The average Bonchev–Trinajstić information content (AvgIpc) is 2.26. The van der Waals surface area contributed by atoms with Crippen molar-refractivity contribution in [1.29, 1.82) is 0 Å². The first-order valence-electron chi connectivity index (χ1n) is 7.28. The Bertz CT molecular complexity index is 434. The van der Waals surface area contributed by atoms with E-state index in [0.29, 0.717) is 6.61 Å². The first kappa shape index (κ1) is 14.5. The van der Waals surface area contributed by atoms with Gasteiger partial charge in [0.1, 0.15) is 0 Å². The van der Waals surface area contributed by atoms with Gasteiger partial charge >= 0.3 is 0 Å². The summed E-state index contributed by atoms with van der Waals surface area (Å²) in [6.45, 7) is 9.12. The number of ether oxygens (including phenoxy) is 1. The summed E-state index contributed by atoms with van der Waals surface area (Å²) in [6, 6.07) is 6.54. The third kappa shape index (κ3) is 3.58. The van der Waals surface area contributed by atoms with Crippen molar-refractivity contribution in [2.45, 2.75) is 64.6 Å². The van der Waals surface area contributed by atoms with Crippen molar-refractivity contribution in [3.63, 3.8) is 0 Å². The Morgan fingerprint density at radius 1 is 1.21 bits per heavy atom. The minimum absolute atomic E-state index is 0.175. The standard InChI is InChI=1S/C17H26O2/c1-5-16(4)12-17(18,6-7-19-16)11-15-9-13(2)8-14(3)10-15/h8-10,18H,5-7,11-12H2,1-4H3. The molecule has 0 saturated carbocycles. The minimum atomic E-state index is -0.622. The van der Waals surface area contributed by atoms with Gasteiger partial charge < -0.3 is 9.84 Å². The van der Waals surface area contributed by atoms with Gasteiger partial charge in [0.25, 0.3) is 0 Å². The Morgan fingerprint density at radius 3 is 2.42 bits per heavy atom. The Kier molecular flexibility index (Phi) is 4.03. The molecule has 1 saturated heterocycles. The maximum Gasteiger partial charge on any atom is 0.0737 e. The Morgan fingerprint density at radius 2 is 1.84 bits per heavy atom. The Hall–Kier alpha value is -0.860. The van der Waals surface area contributed by atoms with E-state index in [1.807, 2.05) is 0 Å². The highest BCUT2D eigenvalue weighted by molar-refractivity contribution is 5.29. The van der Waals surface area contributed by atoms with Crippen molar-refractivity contribution >= 4 is 0 Å². The maximum atomic E-state index is 10.9. The van der Waals surface area contributed by atoms with Crippen LogP contribution in [0.5, 0.6) is 0 Å². The van der Waals surface area contributed by atoms with E-state index in [1.54, 1.807) is 0 Å². The average molecular weight is 262 g/mol. The first-order chi connectivity index (χ1) is 8.84. The van der Waals surface area contributed by atoms with Gasteiger partial charge in [-0.1, -0.05) is 36.2 Å². The van der Waals surface area contributed by atoms with E-state index in [0.717, 1.165) is 25.7 Å². The van der Waals surface area contributed by atoms with Gasteiger partial charge in [-0.05, 0) is 39.2 Å². The number of rotatable bonds is 3. The zero-order valence-electron chi connectivity index (χ0n) is 12.6. The molecule has 0 radical (unpaired) electrons. The molecule has 1 aromatic carbocycles. The number of benzene rings is 1. The molecule has 2 heteroatoms. The topological polar surface area (TPSA) is 29.5 Å². The van der Waals surface area contributed by atoms with Crippen LogP contribution in [0.25, 0.3) is 0 Å². The van der Waals surface area contributed by atoms with Crippen molar-refractivity contribution in [2.75, 3.05) is 6.61 Å². The predicted octanol–water partition coefficient (Wildman–Crippen LogP) is 3.56. The van der Waals surface area contributed by atoms with Gasteiger partial charge in [-0.25, -0.2) is 0 Å². The summed E-state index contributed by atoms with van der Waals surface area (Å²) >= 11 is 0. The molecule has 19 heavy (non-hydrogen) atoms. The second-order valence-corrected chi connectivity index (χ2v) is 6.48. The van der Waals surface area contributed by atoms with Crippen LogP contribution in [0.3, 0.4) is 0 Å². The Labute approximate surface area is 116 Å². The van der Waals surface area contributed by atoms with Gasteiger partial charge in [-0.2, -0.15) is 0 Å². The molecule has 0 amide bonds. The third-order valence-electron chi connectivity index (χ3n) is 4.28. The summed E-state index contributed by atoms with van der Waals surface area (Å²) in [6.07, 6.45) is 3.13. The van der Waals surface area contributed by atoms with Crippen LogP contribution in [0, 0.1) is 13.8 Å². The van der Waals surface area contributed by atoms with Crippen molar-refractivity contribution in [2.24, 2.45) is 0 Å². The monoisotopic (exact) mass is 262 g/mol. The fourth-order valence-electron chi connectivity index (χ4n) is 3.25. The SMILES string of the molecule is CCC1(C)CC(O)(Cc2cc(C)cc(C)c2)CCO1. The van der Waals surface area contributed by atoms with Crippen LogP contribution in [0.1, 0.15) is 49.8 Å². The molecular weight excluding hydrogens is 236 g/mol. The van der Waals surface area contributed by atoms with Crippen LogP contribution >= 0.6 is 0 Å². The van der Waals surface area contributed by atoms with Crippen LogP contribution < -0.4 is 0 Å². The molecule has 1 N–H and O–H groups in total. The molecule has 1 aliphatic rings. The van der Waals surface area contributed by atoms with Crippen molar-refractivity contribution in [3.05, 3.63) is 34.9 Å². The number of hydrogen-bond donors (Lipinski definition) is 1. The van der Waals surface area contributed by atoms with E-state index < -0.39 is 5.60 Å². The molecule has 106 valence electrons. The molecule has 1 heterocycles. The van der Waals surface area contributed by atoms with Gasteiger partial charge in [-0.3, -0.25) is 0 Å². The molecule has 1 aliphatic heterocycles. The van der Waals surface area contributed by atoms with Crippen molar-refractivity contribution in [1.82, 2.24) is 0 Å². The molecule has 2 unspecified atom stereocenters. The molecule has 1 aromatic rings. The lowest BCUT2D eigenvalue weighted by Crippen LogP contribution is -2.48. The number of aliphatic hydroxyl groups is 1. The molecule has 1 fully saturated rings. The van der Waals surface area contributed by atoms with Crippen LogP contribution in [-0.4, -0.2) is 22.9 Å². The minimum Gasteiger partial charge on any atom is -0.389 e. The highest BCUT2D eigenvalue weighted by Crippen LogP contribution is 2.36. The van der Waals surface area contributed by atoms with Gasteiger partial charge in [0.15, 0.2) is 0 Å². The summed E-state index contributed by atoms with van der Waals surface area (Å²) in [5, 5.41) is 10.9. The molecule has 0 bridgehead atoms. The lowest BCUT2D eigenvalue weighted by molar-refractivity contribution is -0.152. The van der Waals surface area contributed by atoms with Crippen LogP contribution in [0.4, 0.5) is 0 Å². The quantitative estimate of drug-likeness (QED) is 0.902. The molecule has 0 aromatic heterocycles. The molecule has 0 aliphatic carbocycles. The third-order valence-corrected chi connectivity index (χ3v) is 4.28. The molecule has 0 spiro atoms. The van der Waals surface area contributed by atoms with Gasteiger partial charge in [0.2, 0.25) is 0 Å². The molecule has 2 atom stereocenters. The summed E-state index contributed by atoms with van der Waals surface area (Å²) in [7, 11) is 0. The van der Waals surface area contributed by atoms with Crippen LogP contribution in [0.15, 0.2) is 18.2 Å². The van der Waals surface area contributed by atoms with E-state index in [1.165, 1.54) is 16.7 Å². The summed E-state index contributed by atoms with van der Waals surface area (Å²) in [4.78, 5) is 0. The summed E-state index contributed by atoms with van der Waals surface area (Å²) < 4.78 is 5.84. The lowest BCUT2D eigenvalue weighted by Gasteiger charge is -2.43. The van der Waals surface area contributed by atoms with Gasteiger partial charge in [0, 0.05) is 12.8 Å². The highest BCUT2D eigenvalue weighted by atomic mass is 16.5. The first-order valence-corrected chi connectivity index (χ1v) is 7.28. The van der Waals surface area contributed by atoms with Crippen molar-refractivity contribution in [3.8, 4) is 0 Å². The van der Waals surface area contributed by atoms with E-state index in [4.69, 9.17) is 4.74 Å². The Balaban J connectivity index is 2.16. The smallest absolute Gasteiger partial charge is 0.0737 e. The fraction of sp³-hybridized carbons (Fsp3) is 0.647. The van der Waals surface area contributed by atoms with Crippen LogP contribution in [0.2, 0.25) is 0 Å². The molecule has 2 rings (SSSR count). The maximum absolute atomic E-state index is 10.9. The molecule has 2 nitrogen and oxygen atoms in total. The zero-order valence-corrected chi connectivity index (χ0v) is 12.6. The largest absolute Gasteiger partial charge is 0.389 e. The van der Waals surface area contributed by atoms with E-state index in [-0.39, 0.29) is 5.60 Å². The van der Waals surface area contributed by atoms with E-state index >= 15 is 0 Å². The molecular formula is C17H26O2. The van der Waals surface area contributed by atoms with Gasteiger partial charge in [0.05, 0.1) is 17.8 Å². The number of aryl methyl sites for hydroxylation is 2. The highest BCUT2D eigenvalue weighted by Gasteiger charge is 2.40. The number of hydrogen-bond acceptors (Lipinski definition) is 2. The normalized spacial score (nSPS) is 31.4. The fourth-order valence-corrected chi connectivity index (χ4v) is 3.25. The second-order valence-electron chi connectivity index (χ2n) is 6.48. The predicted molar refractivity (Wildman–Crippen MR) is 78.5 cm³/mol.